The highest BCUT2D eigenvalue weighted by atomic mass is 32.2. The molecule has 0 fully saturated rings. The molecule has 0 N–H and O–H groups in total. The Morgan fingerprint density at radius 2 is 1.78 bits per heavy atom. The van der Waals surface area contributed by atoms with Gasteiger partial charge in [0.05, 0.1) is 14.2 Å². The average Bonchev–Trinajstić information content (AvgIpc) is 3.09. The molecule has 0 aliphatic heterocycles. The molecule has 1 heterocycles. The number of hydrogen-bond acceptors (Lipinski definition) is 6. The second-order valence-electron chi connectivity index (χ2n) is 4.73. The first-order chi connectivity index (χ1) is 11.3. The standard InChI is InChI=1S/C17H16N2O3S/c1-20-14-9-8-12(10-15(14)21-2)11-23-17-18-16(22-19-17)13-6-4-3-5-7-13/h3-10H,11H2,1-2H3. The zero-order valence-electron chi connectivity index (χ0n) is 12.9. The quantitative estimate of drug-likeness (QED) is 0.636. The summed E-state index contributed by atoms with van der Waals surface area (Å²) >= 11 is 1.51. The lowest BCUT2D eigenvalue weighted by Gasteiger charge is -2.08. The predicted molar refractivity (Wildman–Crippen MR) is 88.8 cm³/mol. The van der Waals surface area contributed by atoms with Crippen molar-refractivity contribution >= 4 is 11.8 Å². The molecular weight excluding hydrogens is 312 g/mol. The summed E-state index contributed by atoms with van der Waals surface area (Å²) in [6, 6.07) is 15.5. The van der Waals surface area contributed by atoms with E-state index in [9.17, 15) is 0 Å². The van der Waals surface area contributed by atoms with E-state index in [2.05, 4.69) is 10.1 Å². The minimum Gasteiger partial charge on any atom is -0.493 e. The molecule has 0 unspecified atom stereocenters. The van der Waals surface area contributed by atoms with Crippen LogP contribution < -0.4 is 9.47 Å². The summed E-state index contributed by atoms with van der Waals surface area (Å²) in [7, 11) is 3.25. The summed E-state index contributed by atoms with van der Waals surface area (Å²) in [6.45, 7) is 0. The molecule has 0 aliphatic rings. The Hall–Kier alpha value is -2.47. The van der Waals surface area contributed by atoms with Crippen LogP contribution in [0.1, 0.15) is 5.56 Å². The minimum absolute atomic E-state index is 0.528. The first kappa shape index (κ1) is 15.4. The third-order valence-electron chi connectivity index (χ3n) is 3.24. The highest BCUT2D eigenvalue weighted by Crippen LogP contribution is 2.30. The van der Waals surface area contributed by atoms with Gasteiger partial charge < -0.3 is 14.0 Å². The maximum atomic E-state index is 5.31. The molecule has 6 heteroatoms. The van der Waals surface area contributed by atoms with E-state index in [1.165, 1.54) is 11.8 Å². The van der Waals surface area contributed by atoms with E-state index in [-0.39, 0.29) is 0 Å². The lowest BCUT2D eigenvalue weighted by Crippen LogP contribution is -1.92. The van der Waals surface area contributed by atoms with Crippen molar-refractivity contribution in [2.45, 2.75) is 10.9 Å². The highest BCUT2D eigenvalue weighted by Gasteiger charge is 2.10. The smallest absolute Gasteiger partial charge is 0.258 e. The van der Waals surface area contributed by atoms with Crippen molar-refractivity contribution in [1.29, 1.82) is 0 Å². The summed E-state index contributed by atoms with van der Waals surface area (Å²) in [5, 5.41) is 4.61. The zero-order valence-corrected chi connectivity index (χ0v) is 13.7. The van der Waals surface area contributed by atoms with Gasteiger partial charge in [-0.2, -0.15) is 4.98 Å². The second-order valence-corrected chi connectivity index (χ2v) is 5.67. The van der Waals surface area contributed by atoms with E-state index in [1.807, 2.05) is 48.5 Å². The van der Waals surface area contributed by atoms with Crippen LogP contribution in [0.15, 0.2) is 58.2 Å². The van der Waals surface area contributed by atoms with E-state index < -0.39 is 0 Å². The van der Waals surface area contributed by atoms with Gasteiger partial charge in [0.2, 0.25) is 5.16 Å². The molecule has 118 valence electrons. The van der Waals surface area contributed by atoms with E-state index in [1.54, 1.807) is 14.2 Å². The average molecular weight is 328 g/mol. The maximum absolute atomic E-state index is 5.31. The normalized spacial score (nSPS) is 10.5. The molecule has 0 saturated carbocycles. The van der Waals surface area contributed by atoms with E-state index >= 15 is 0 Å². The van der Waals surface area contributed by atoms with E-state index in [4.69, 9.17) is 14.0 Å². The van der Waals surface area contributed by atoms with Crippen LogP contribution in [0.25, 0.3) is 11.5 Å². The number of ether oxygens (including phenoxy) is 2. The van der Waals surface area contributed by atoms with Crippen LogP contribution in [0.4, 0.5) is 0 Å². The number of aromatic nitrogens is 2. The van der Waals surface area contributed by atoms with Gasteiger partial charge in [-0.1, -0.05) is 36.0 Å². The van der Waals surface area contributed by atoms with Crippen molar-refractivity contribution in [3.8, 4) is 23.0 Å². The van der Waals surface area contributed by atoms with Crippen LogP contribution in [-0.4, -0.2) is 24.4 Å². The topological polar surface area (TPSA) is 57.4 Å². The number of nitrogens with zero attached hydrogens (tertiary/aromatic N) is 2. The van der Waals surface area contributed by atoms with Gasteiger partial charge in [-0.3, -0.25) is 0 Å². The molecule has 2 aromatic carbocycles. The highest BCUT2D eigenvalue weighted by molar-refractivity contribution is 7.98. The van der Waals surface area contributed by atoms with Crippen LogP contribution in [-0.2, 0) is 5.75 Å². The number of methoxy groups -OCH3 is 2. The van der Waals surface area contributed by atoms with Gasteiger partial charge in [-0.15, -0.1) is 0 Å². The summed E-state index contributed by atoms with van der Waals surface area (Å²) in [5.74, 6) is 2.67. The SMILES string of the molecule is COc1ccc(CSc2noc(-c3ccccc3)n2)cc1OC. The largest absolute Gasteiger partial charge is 0.493 e. The van der Waals surface area contributed by atoms with Crippen molar-refractivity contribution in [1.82, 2.24) is 10.1 Å². The molecule has 0 saturated heterocycles. The number of thioether (sulfide) groups is 1. The molecule has 0 amide bonds. The molecule has 0 atom stereocenters. The molecule has 0 bridgehead atoms. The van der Waals surface area contributed by atoms with Crippen molar-refractivity contribution in [2.75, 3.05) is 14.2 Å². The summed E-state index contributed by atoms with van der Waals surface area (Å²) in [5.41, 5.74) is 2.01. The van der Waals surface area contributed by atoms with Crippen molar-refractivity contribution in [3.63, 3.8) is 0 Å². The number of hydrogen-bond donors (Lipinski definition) is 0. The monoisotopic (exact) mass is 328 g/mol. The van der Waals surface area contributed by atoms with Crippen molar-refractivity contribution in [3.05, 3.63) is 54.1 Å². The third kappa shape index (κ3) is 3.65. The van der Waals surface area contributed by atoms with Crippen molar-refractivity contribution < 1.29 is 14.0 Å². The van der Waals surface area contributed by atoms with Gasteiger partial charge in [0.1, 0.15) is 0 Å². The lowest BCUT2D eigenvalue weighted by atomic mass is 10.2. The number of benzene rings is 2. The van der Waals surface area contributed by atoms with E-state index in [0.29, 0.717) is 28.3 Å². The van der Waals surface area contributed by atoms with E-state index in [0.717, 1.165) is 11.1 Å². The molecule has 5 nitrogen and oxygen atoms in total. The van der Waals surface area contributed by atoms with Crippen LogP contribution in [0.2, 0.25) is 0 Å². The fraction of sp³-hybridized carbons (Fsp3) is 0.176. The Morgan fingerprint density at radius 1 is 1.00 bits per heavy atom. The fourth-order valence-electron chi connectivity index (χ4n) is 2.08. The lowest BCUT2D eigenvalue weighted by molar-refractivity contribution is 0.354. The maximum Gasteiger partial charge on any atom is 0.258 e. The predicted octanol–water partition coefficient (Wildman–Crippen LogP) is 4.05. The third-order valence-corrected chi connectivity index (χ3v) is 4.15. The summed E-state index contributed by atoms with van der Waals surface area (Å²) in [6.07, 6.45) is 0. The van der Waals surface area contributed by atoms with Gasteiger partial charge in [0, 0.05) is 11.3 Å². The Labute approximate surface area is 138 Å². The Morgan fingerprint density at radius 3 is 2.52 bits per heavy atom. The van der Waals surface area contributed by atoms with Gasteiger partial charge in [0.25, 0.3) is 5.89 Å². The number of rotatable bonds is 6. The van der Waals surface area contributed by atoms with Gasteiger partial charge in [-0.05, 0) is 35.0 Å². The van der Waals surface area contributed by atoms with Gasteiger partial charge in [-0.25, -0.2) is 0 Å². The minimum atomic E-state index is 0.528. The molecule has 0 spiro atoms. The Bertz CT molecular complexity index is 775. The second kappa shape index (κ2) is 7.19. The molecule has 23 heavy (non-hydrogen) atoms. The van der Waals surface area contributed by atoms with Crippen LogP contribution >= 0.6 is 11.8 Å². The Balaban J connectivity index is 1.68. The van der Waals surface area contributed by atoms with Crippen molar-refractivity contribution in [2.24, 2.45) is 0 Å². The zero-order chi connectivity index (χ0) is 16.1. The van der Waals surface area contributed by atoms with Crippen LogP contribution in [0.3, 0.4) is 0 Å². The fourth-order valence-corrected chi connectivity index (χ4v) is 2.80. The molecule has 1 aromatic heterocycles. The van der Waals surface area contributed by atoms with Gasteiger partial charge in [0.15, 0.2) is 11.5 Å². The van der Waals surface area contributed by atoms with Crippen LogP contribution in [0.5, 0.6) is 11.5 Å². The first-order valence-corrected chi connectivity index (χ1v) is 8.01. The molecule has 3 rings (SSSR count). The molecular formula is C17H16N2O3S. The molecule has 0 radical (unpaired) electrons. The Kier molecular flexibility index (Phi) is 4.83. The van der Waals surface area contributed by atoms with Crippen LogP contribution in [0, 0.1) is 0 Å². The summed E-state index contributed by atoms with van der Waals surface area (Å²) in [4.78, 5) is 4.40. The first-order valence-electron chi connectivity index (χ1n) is 7.03. The van der Waals surface area contributed by atoms with Gasteiger partial charge >= 0.3 is 0 Å². The molecule has 0 aliphatic carbocycles. The molecule has 3 aromatic rings. The summed E-state index contributed by atoms with van der Waals surface area (Å²) < 4.78 is 15.8.